The van der Waals surface area contributed by atoms with Gasteiger partial charge < -0.3 is 14.6 Å². The van der Waals surface area contributed by atoms with E-state index in [2.05, 4.69) is 4.99 Å². The lowest BCUT2D eigenvalue weighted by Gasteiger charge is -2.15. The molecule has 1 saturated carbocycles. The third kappa shape index (κ3) is 5.17. The summed E-state index contributed by atoms with van der Waals surface area (Å²) in [5, 5.41) is 11.0. The minimum absolute atomic E-state index is 0.00903. The number of hydrogen-bond acceptors (Lipinski definition) is 6. The normalized spacial score (nSPS) is 14.6. The molecule has 7 heteroatoms. The number of halogens is 1. The molecule has 3 rings (SSSR count). The Morgan fingerprint density at radius 2 is 2.00 bits per heavy atom. The van der Waals surface area contributed by atoms with Gasteiger partial charge in [0.1, 0.15) is 11.3 Å². The third-order valence-electron chi connectivity index (χ3n) is 4.20. The summed E-state index contributed by atoms with van der Waals surface area (Å²) in [6.07, 6.45) is 3.25. The van der Waals surface area contributed by atoms with Crippen molar-refractivity contribution in [2.24, 2.45) is 4.99 Å². The van der Waals surface area contributed by atoms with Crippen molar-refractivity contribution in [3.63, 3.8) is 0 Å². The maximum absolute atomic E-state index is 14.4. The molecule has 2 aromatic carbocycles. The van der Waals surface area contributed by atoms with Gasteiger partial charge in [0.2, 0.25) is 0 Å². The second-order valence-electron chi connectivity index (χ2n) is 6.36. The Labute approximate surface area is 173 Å². The maximum atomic E-state index is 14.4. The average molecular weight is 415 g/mol. The third-order valence-corrected chi connectivity index (χ3v) is 5.32. The van der Waals surface area contributed by atoms with E-state index in [1.54, 1.807) is 6.92 Å². The van der Waals surface area contributed by atoms with Gasteiger partial charge in [0.15, 0.2) is 11.6 Å². The van der Waals surface area contributed by atoms with Crippen molar-refractivity contribution < 1.29 is 23.8 Å². The summed E-state index contributed by atoms with van der Waals surface area (Å²) in [5.74, 6) is -1.59. The first-order valence-corrected chi connectivity index (χ1v) is 10.1. The molecule has 0 unspecified atom stereocenters. The van der Waals surface area contributed by atoms with Crippen LogP contribution >= 0.6 is 11.8 Å². The van der Waals surface area contributed by atoms with Crippen LogP contribution in [0.5, 0.6) is 5.75 Å². The minimum Gasteiger partial charge on any atom is -0.506 e. The zero-order valence-corrected chi connectivity index (χ0v) is 17.0. The zero-order chi connectivity index (χ0) is 20.8. The van der Waals surface area contributed by atoms with Crippen LogP contribution in [-0.2, 0) is 9.53 Å². The molecule has 0 bridgehead atoms. The summed E-state index contributed by atoms with van der Waals surface area (Å²) >= 11 is 1.23. The predicted octanol–water partition coefficient (Wildman–Crippen LogP) is 5.05. The predicted molar refractivity (Wildman–Crippen MR) is 111 cm³/mol. The van der Waals surface area contributed by atoms with Gasteiger partial charge in [0.25, 0.3) is 0 Å². The highest BCUT2D eigenvalue weighted by molar-refractivity contribution is 7.99. The second kappa shape index (κ2) is 9.60. The van der Waals surface area contributed by atoms with Crippen LogP contribution in [0, 0.1) is 5.82 Å². The highest BCUT2D eigenvalue weighted by Crippen LogP contribution is 2.42. The molecule has 0 heterocycles. The van der Waals surface area contributed by atoms with Crippen molar-refractivity contribution in [3.8, 4) is 5.75 Å². The monoisotopic (exact) mass is 415 g/mol. The number of aliphatic hydroxyl groups excluding tert-OH is 1. The van der Waals surface area contributed by atoms with Crippen LogP contribution in [0.4, 0.5) is 4.39 Å². The van der Waals surface area contributed by atoms with E-state index in [1.165, 1.54) is 37.2 Å². The summed E-state index contributed by atoms with van der Waals surface area (Å²) in [5.41, 5.74) is 0.199. The minimum atomic E-state index is -0.687. The van der Waals surface area contributed by atoms with Gasteiger partial charge in [0.05, 0.1) is 24.7 Å². The highest BCUT2D eigenvalue weighted by Gasteiger charge is 2.25. The lowest BCUT2D eigenvalue weighted by Crippen LogP contribution is -2.12. The number of carbonyl (C=O) groups is 1. The number of nitrogens with zero attached hydrogens (tertiary/aromatic N) is 1. The van der Waals surface area contributed by atoms with Gasteiger partial charge in [-0.2, -0.15) is 0 Å². The van der Waals surface area contributed by atoms with Crippen molar-refractivity contribution in [1.29, 1.82) is 0 Å². The number of carbonyl (C=O) groups excluding carboxylic acids is 1. The van der Waals surface area contributed by atoms with Crippen LogP contribution in [0.15, 0.2) is 62.8 Å². The lowest BCUT2D eigenvalue weighted by atomic mass is 10.1. The van der Waals surface area contributed by atoms with Crippen molar-refractivity contribution in [3.05, 3.63) is 59.4 Å². The van der Waals surface area contributed by atoms with Crippen LogP contribution in [0.1, 0.15) is 25.3 Å². The summed E-state index contributed by atoms with van der Waals surface area (Å²) in [4.78, 5) is 17.9. The molecule has 0 spiro atoms. The summed E-state index contributed by atoms with van der Waals surface area (Å²) < 4.78 is 24.7. The van der Waals surface area contributed by atoms with Gasteiger partial charge in [-0.1, -0.05) is 30.0 Å². The van der Waals surface area contributed by atoms with E-state index in [4.69, 9.17) is 9.47 Å². The van der Waals surface area contributed by atoms with Crippen molar-refractivity contribution in [1.82, 2.24) is 0 Å². The molecule has 0 amide bonds. The largest absolute Gasteiger partial charge is 0.506 e. The van der Waals surface area contributed by atoms with E-state index >= 15 is 0 Å². The lowest BCUT2D eigenvalue weighted by molar-refractivity contribution is -0.137. The number of rotatable bonds is 8. The van der Waals surface area contributed by atoms with E-state index in [0.717, 1.165) is 17.7 Å². The number of benzene rings is 2. The summed E-state index contributed by atoms with van der Waals surface area (Å²) in [6, 6.07) is 12.1. The smallest absolute Gasteiger partial charge is 0.343 e. The zero-order valence-electron chi connectivity index (χ0n) is 16.2. The van der Waals surface area contributed by atoms with Gasteiger partial charge in [-0.25, -0.2) is 9.18 Å². The quantitative estimate of drug-likeness (QED) is 0.283. The fourth-order valence-electron chi connectivity index (χ4n) is 2.59. The Kier molecular flexibility index (Phi) is 6.93. The molecule has 0 atom stereocenters. The second-order valence-corrected chi connectivity index (χ2v) is 7.45. The Hall–Kier alpha value is -2.80. The molecule has 0 aromatic heterocycles. The number of esters is 1. The van der Waals surface area contributed by atoms with Gasteiger partial charge in [0, 0.05) is 16.7 Å². The SMILES string of the molecule is CCOC(=O)C(C=NC1CC1)=C(O)c1ccc(F)c(OC)c1Sc1ccccc1. The van der Waals surface area contributed by atoms with Crippen molar-refractivity contribution in [2.45, 2.75) is 35.6 Å². The average Bonchev–Trinajstić information content (AvgIpc) is 3.54. The summed E-state index contributed by atoms with van der Waals surface area (Å²) in [6.45, 7) is 1.84. The highest BCUT2D eigenvalue weighted by atomic mass is 32.2. The fourth-order valence-corrected chi connectivity index (χ4v) is 3.67. The standard InChI is InChI=1S/C22H22FNO4S/c1-3-28-22(26)17(13-24-14-9-10-14)19(25)16-11-12-18(23)20(27-2)21(16)29-15-7-5-4-6-8-15/h4-8,11-14,25H,3,9-10H2,1-2H3. The van der Waals surface area contributed by atoms with Crippen LogP contribution in [-0.4, -0.2) is 37.0 Å². The van der Waals surface area contributed by atoms with Crippen molar-refractivity contribution >= 4 is 29.7 Å². The number of hydrogen-bond donors (Lipinski definition) is 1. The first-order chi connectivity index (χ1) is 14.0. The van der Waals surface area contributed by atoms with Crippen molar-refractivity contribution in [2.75, 3.05) is 13.7 Å². The topological polar surface area (TPSA) is 68.1 Å². The van der Waals surface area contributed by atoms with E-state index < -0.39 is 11.8 Å². The Bertz CT molecular complexity index is 939. The Balaban J connectivity index is 2.12. The molecule has 0 radical (unpaired) electrons. The number of aliphatic hydroxyl groups is 1. The molecule has 0 aliphatic heterocycles. The molecule has 1 fully saturated rings. The van der Waals surface area contributed by atoms with Crippen LogP contribution in [0.2, 0.25) is 0 Å². The molecular formula is C22H22FNO4S. The fraction of sp³-hybridized carbons (Fsp3) is 0.273. The molecule has 152 valence electrons. The van der Waals surface area contributed by atoms with Gasteiger partial charge >= 0.3 is 5.97 Å². The first kappa shape index (κ1) is 20.9. The number of ether oxygens (including phenoxy) is 2. The molecule has 1 N–H and O–H groups in total. The molecule has 5 nitrogen and oxygen atoms in total. The first-order valence-electron chi connectivity index (χ1n) is 9.28. The number of aliphatic imine (C=N–C) groups is 1. The van der Waals surface area contributed by atoms with E-state index in [9.17, 15) is 14.3 Å². The molecule has 29 heavy (non-hydrogen) atoms. The van der Waals surface area contributed by atoms with Crippen LogP contribution < -0.4 is 4.74 Å². The van der Waals surface area contributed by atoms with Gasteiger partial charge in [-0.3, -0.25) is 4.99 Å². The molecule has 1 aliphatic carbocycles. The molecular weight excluding hydrogens is 393 g/mol. The van der Waals surface area contributed by atoms with Crippen LogP contribution in [0.25, 0.3) is 5.76 Å². The molecule has 2 aromatic rings. The molecule has 0 saturated heterocycles. The van der Waals surface area contributed by atoms with Crippen LogP contribution in [0.3, 0.4) is 0 Å². The maximum Gasteiger partial charge on any atom is 0.343 e. The van der Waals surface area contributed by atoms with Gasteiger partial charge in [-0.05, 0) is 44.0 Å². The van der Waals surface area contributed by atoms with E-state index in [-0.39, 0.29) is 35.3 Å². The van der Waals surface area contributed by atoms with E-state index in [1.807, 2.05) is 30.3 Å². The van der Waals surface area contributed by atoms with Gasteiger partial charge in [-0.15, -0.1) is 0 Å². The Morgan fingerprint density at radius 1 is 1.28 bits per heavy atom. The number of methoxy groups -OCH3 is 1. The summed E-state index contributed by atoms with van der Waals surface area (Å²) in [7, 11) is 1.36. The van der Waals surface area contributed by atoms with E-state index in [0.29, 0.717) is 4.90 Å². The molecule has 1 aliphatic rings. The Morgan fingerprint density at radius 3 is 2.62 bits per heavy atom.